The lowest BCUT2D eigenvalue weighted by Crippen LogP contribution is -2.41. The summed E-state index contributed by atoms with van der Waals surface area (Å²) in [5, 5.41) is 11.7. The third kappa shape index (κ3) is 8.10. The van der Waals surface area contributed by atoms with Gasteiger partial charge in [0.05, 0.1) is 44.9 Å². The lowest BCUT2D eigenvalue weighted by Gasteiger charge is -2.29. The maximum atomic E-state index is 13.0. The maximum absolute atomic E-state index is 13.0. The zero-order valence-electron chi connectivity index (χ0n) is 21.2. The molecule has 4 rings (SSSR count). The summed E-state index contributed by atoms with van der Waals surface area (Å²) < 4.78 is 52.9. The highest BCUT2D eigenvalue weighted by Crippen LogP contribution is 2.32. The number of halogens is 3. The Labute approximate surface area is 226 Å². The third-order valence-electron chi connectivity index (χ3n) is 6.34. The number of Topliss-reactive ketones (excluding diaryl/α,β-unsaturated/α-hetero) is 1. The number of ketones is 1. The third-order valence-corrected chi connectivity index (χ3v) is 7.32. The predicted molar refractivity (Wildman–Crippen MR) is 134 cm³/mol. The predicted octanol–water partition coefficient (Wildman–Crippen LogP) is 2.52. The van der Waals surface area contributed by atoms with Crippen molar-refractivity contribution < 1.29 is 41.8 Å². The van der Waals surface area contributed by atoms with Crippen LogP contribution in [0.3, 0.4) is 0 Å². The fourth-order valence-corrected chi connectivity index (χ4v) is 5.21. The van der Waals surface area contributed by atoms with Crippen LogP contribution in [0, 0.1) is 5.92 Å². The lowest BCUT2D eigenvalue weighted by atomic mass is 9.97. The van der Waals surface area contributed by atoms with E-state index in [0.29, 0.717) is 62.4 Å². The molecule has 39 heavy (non-hydrogen) atoms. The molecule has 0 atom stereocenters. The van der Waals surface area contributed by atoms with Crippen molar-refractivity contribution in [3.8, 4) is 5.75 Å². The molecule has 2 saturated heterocycles. The van der Waals surface area contributed by atoms with Crippen LogP contribution in [0.25, 0.3) is 0 Å². The summed E-state index contributed by atoms with van der Waals surface area (Å²) in [7, 11) is 1.36. The SMILES string of the molecule is COC(=O)C1CCN(c2nnc(CC(=O)c3ccc(OC(F)(F)F)c(NC(=O)CN4CCOCC4)c3)s2)CC1. The Hall–Kier alpha value is -3.30. The Balaban J connectivity index is 1.42. The minimum Gasteiger partial charge on any atom is -0.469 e. The van der Waals surface area contributed by atoms with Crippen molar-refractivity contribution in [2.45, 2.75) is 25.6 Å². The summed E-state index contributed by atoms with van der Waals surface area (Å²) in [5.41, 5.74) is -0.176. The number of methoxy groups -OCH3 is 1. The number of hydrogen-bond donors (Lipinski definition) is 1. The smallest absolute Gasteiger partial charge is 0.469 e. The van der Waals surface area contributed by atoms with Gasteiger partial charge < -0.3 is 24.4 Å². The molecule has 0 saturated carbocycles. The molecule has 0 aliphatic carbocycles. The van der Waals surface area contributed by atoms with E-state index in [1.807, 2.05) is 9.80 Å². The molecule has 0 unspecified atom stereocenters. The summed E-state index contributed by atoms with van der Waals surface area (Å²) >= 11 is 1.23. The van der Waals surface area contributed by atoms with E-state index in [1.54, 1.807) is 0 Å². The Bertz CT molecular complexity index is 1180. The van der Waals surface area contributed by atoms with Gasteiger partial charge in [0.25, 0.3) is 0 Å². The van der Waals surface area contributed by atoms with Gasteiger partial charge in [-0.3, -0.25) is 19.3 Å². The van der Waals surface area contributed by atoms with Crippen molar-refractivity contribution in [3.63, 3.8) is 0 Å². The van der Waals surface area contributed by atoms with Crippen LogP contribution >= 0.6 is 11.3 Å². The number of carbonyl (C=O) groups is 3. The number of esters is 1. The van der Waals surface area contributed by atoms with Gasteiger partial charge in [-0.2, -0.15) is 0 Å². The first kappa shape index (κ1) is 28.7. The minimum atomic E-state index is -4.98. The number of morpholine rings is 1. The van der Waals surface area contributed by atoms with E-state index >= 15 is 0 Å². The molecular weight excluding hydrogens is 543 g/mol. The zero-order chi connectivity index (χ0) is 28.0. The Morgan fingerprint density at radius 1 is 1.13 bits per heavy atom. The molecule has 11 nitrogen and oxygen atoms in total. The highest BCUT2D eigenvalue weighted by atomic mass is 32.1. The lowest BCUT2D eigenvalue weighted by molar-refractivity contribution is -0.274. The molecule has 0 spiro atoms. The fraction of sp³-hybridized carbons (Fsp3) is 0.542. The van der Waals surface area contributed by atoms with Crippen LogP contribution in [0.2, 0.25) is 0 Å². The topological polar surface area (TPSA) is 123 Å². The van der Waals surface area contributed by atoms with Crippen molar-refractivity contribution >= 4 is 39.8 Å². The molecule has 0 radical (unpaired) electrons. The van der Waals surface area contributed by atoms with Crippen molar-refractivity contribution in [1.29, 1.82) is 0 Å². The van der Waals surface area contributed by atoms with E-state index in [4.69, 9.17) is 9.47 Å². The van der Waals surface area contributed by atoms with Crippen LogP contribution in [0.4, 0.5) is 24.0 Å². The van der Waals surface area contributed by atoms with Gasteiger partial charge in [-0.05, 0) is 31.0 Å². The van der Waals surface area contributed by atoms with Crippen molar-refractivity contribution in [2.75, 3.05) is 63.3 Å². The summed E-state index contributed by atoms with van der Waals surface area (Å²) in [6.45, 7) is 3.10. The molecule has 3 heterocycles. The first-order valence-corrected chi connectivity index (χ1v) is 13.1. The average Bonchev–Trinajstić information content (AvgIpc) is 3.37. The number of alkyl halides is 3. The van der Waals surface area contributed by atoms with Crippen LogP contribution in [-0.4, -0.2) is 92.2 Å². The van der Waals surface area contributed by atoms with Crippen molar-refractivity contribution in [1.82, 2.24) is 15.1 Å². The normalized spacial score (nSPS) is 17.1. The van der Waals surface area contributed by atoms with Gasteiger partial charge in [0, 0.05) is 31.7 Å². The summed E-state index contributed by atoms with van der Waals surface area (Å²) in [6.07, 6.45) is -3.87. The van der Waals surface area contributed by atoms with Crippen LogP contribution in [0.15, 0.2) is 18.2 Å². The molecule has 1 N–H and O–H groups in total. The van der Waals surface area contributed by atoms with Crippen LogP contribution in [0.5, 0.6) is 5.75 Å². The van der Waals surface area contributed by atoms with E-state index in [1.165, 1.54) is 30.6 Å². The summed E-state index contributed by atoms with van der Waals surface area (Å²) in [5.74, 6) is -1.97. The largest absolute Gasteiger partial charge is 0.573 e. The van der Waals surface area contributed by atoms with E-state index in [-0.39, 0.29) is 36.1 Å². The van der Waals surface area contributed by atoms with Crippen LogP contribution < -0.4 is 15.0 Å². The number of carbonyl (C=O) groups excluding carboxylic acids is 3. The molecule has 2 aliphatic heterocycles. The molecular formula is C24H28F3N5O6S. The average molecular weight is 572 g/mol. The number of nitrogens with one attached hydrogen (secondary N) is 1. The van der Waals surface area contributed by atoms with Crippen LogP contribution in [-0.2, 0) is 25.5 Å². The number of nitrogens with zero attached hydrogens (tertiary/aromatic N) is 4. The monoisotopic (exact) mass is 571 g/mol. The molecule has 1 aromatic heterocycles. The Morgan fingerprint density at radius 3 is 2.51 bits per heavy atom. The first-order chi connectivity index (χ1) is 18.6. The van der Waals surface area contributed by atoms with Gasteiger partial charge in [-0.15, -0.1) is 23.4 Å². The number of hydrogen-bond acceptors (Lipinski definition) is 11. The highest BCUT2D eigenvalue weighted by Gasteiger charge is 2.33. The van der Waals surface area contributed by atoms with Crippen LogP contribution in [0.1, 0.15) is 28.2 Å². The van der Waals surface area contributed by atoms with Gasteiger partial charge >= 0.3 is 12.3 Å². The quantitative estimate of drug-likeness (QED) is 0.355. The Kier molecular flexibility index (Phi) is 9.35. The number of piperidine rings is 1. The minimum absolute atomic E-state index is 0.0442. The van der Waals surface area contributed by atoms with Gasteiger partial charge in [-0.25, -0.2) is 0 Å². The number of rotatable bonds is 9. The van der Waals surface area contributed by atoms with Gasteiger partial charge in [-0.1, -0.05) is 11.3 Å². The molecule has 212 valence electrons. The second-order valence-corrected chi connectivity index (χ2v) is 10.1. The number of ether oxygens (including phenoxy) is 3. The molecule has 15 heteroatoms. The fourth-order valence-electron chi connectivity index (χ4n) is 4.32. The van der Waals surface area contributed by atoms with Gasteiger partial charge in [0.15, 0.2) is 11.5 Å². The molecule has 2 aliphatic rings. The van der Waals surface area contributed by atoms with E-state index in [0.717, 1.165) is 6.07 Å². The molecule has 2 aromatic rings. The number of benzene rings is 1. The molecule has 2 fully saturated rings. The summed E-state index contributed by atoms with van der Waals surface area (Å²) in [6, 6.07) is 3.38. The second-order valence-electron chi connectivity index (χ2n) is 9.06. The Morgan fingerprint density at radius 2 is 1.85 bits per heavy atom. The van der Waals surface area contributed by atoms with Crippen molar-refractivity contribution in [3.05, 3.63) is 28.8 Å². The second kappa shape index (κ2) is 12.7. The van der Waals surface area contributed by atoms with E-state index in [2.05, 4.69) is 20.3 Å². The highest BCUT2D eigenvalue weighted by molar-refractivity contribution is 7.15. The molecule has 1 amide bonds. The van der Waals surface area contributed by atoms with E-state index in [9.17, 15) is 27.6 Å². The van der Waals surface area contributed by atoms with E-state index < -0.39 is 23.8 Å². The van der Waals surface area contributed by atoms with Crippen molar-refractivity contribution in [2.24, 2.45) is 5.92 Å². The van der Waals surface area contributed by atoms with Gasteiger partial charge in [0.1, 0.15) is 5.01 Å². The maximum Gasteiger partial charge on any atom is 0.573 e. The number of aromatic nitrogens is 2. The molecule has 1 aromatic carbocycles. The standard InChI is InChI=1S/C24H28F3N5O6S/c1-36-22(35)15-4-6-32(7-5-15)23-30-29-21(39-23)13-18(33)16-2-3-19(38-24(25,26)27)17(12-16)28-20(34)14-31-8-10-37-11-9-31/h2-3,12,15H,4-11,13-14H2,1H3,(H,28,34). The first-order valence-electron chi connectivity index (χ1n) is 12.3. The number of amides is 1. The van der Waals surface area contributed by atoms with Gasteiger partial charge in [0.2, 0.25) is 11.0 Å². The number of anilines is 2. The zero-order valence-corrected chi connectivity index (χ0v) is 22.0. The summed E-state index contributed by atoms with van der Waals surface area (Å²) in [4.78, 5) is 41.0. The molecule has 0 bridgehead atoms.